The molecule has 31 heavy (non-hydrogen) atoms. The zero-order valence-corrected chi connectivity index (χ0v) is 21.7. The lowest BCUT2D eigenvalue weighted by molar-refractivity contribution is -0.153. The van der Waals surface area contributed by atoms with Crippen LogP contribution in [0.15, 0.2) is 23.8 Å². The Morgan fingerprint density at radius 2 is 1.94 bits per heavy atom. The molecule has 0 aromatic rings. The predicted octanol–water partition coefficient (Wildman–Crippen LogP) is 4.43. The Kier molecular flexibility index (Phi) is 10.3. The van der Waals surface area contributed by atoms with E-state index in [0.29, 0.717) is 19.4 Å². The van der Waals surface area contributed by atoms with Gasteiger partial charge in [-0.3, -0.25) is 4.79 Å². The van der Waals surface area contributed by atoms with Gasteiger partial charge in [0.05, 0.1) is 25.9 Å². The monoisotopic (exact) mass is 454 g/mol. The van der Waals surface area contributed by atoms with Crippen molar-refractivity contribution in [3.63, 3.8) is 0 Å². The Morgan fingerprint density at radius 3 is 2.45 bits per heavy atom. The molecule has 0 aromatic heterocycles. The summed E-state index contributed by atoms with van der Waals surface area (Å²) in [6, 6.07) is 0. The van der Waals surface area contributed by atoms with Crippen LogP contribution in [0.2, 0.25) is 18.1 Å². The van der Waals surface area contributed by atoms with Crippen molar-refractivity contribution in [2.45, 2.75) is 90.8 Å². The van der Waals surface area contributed by atoms with Gasteiger partial charge >= 0.3 is 5.97 Å². The maximum Gasteiger partial charge on any atom is 0.330 e. The van der Waals surface area contributed by atoms with Crippen molar-refractivity contribution in [1.29, 1.82) is 0 Å². The smallest absolute Gasteiger partial charge is 0.330 e. The molecule has 1 rings (SSSR count). The molecule has 1 heterocycles. The zero-order chi connectivity index (χ0) is 24.0. The van der Waals surface area contributed by atoms with E-state index in [-0.39, 0.29) is 22.7 Å². The summed E-state index contributed by atoms with van der Waals surface area (Å²) in [5, 5.41) is 9.61. The Morgan fingerprint density at radius 1 is 1.32 bits per heavy atom. The first-order valence-corrected chi connectivity index (χ1v) is 14.0. The highest BCUT2D eigenvalue weighted by Gasteiger charge is 2.46. The fourth-order valence-corrected chi connectivity index (χ4v) is 4.31. The molecule has 5 atom stereocenters. The van der Waals surface area contributed by atoms with E-state index in [1.807, 2.05) is 26.0 Å². The molecule has 0 aromatic carbocycles. The van der Waals surface area contributed by atoms with E-state index in [1.54, 1.807) is 6.92 Å². The summed E-state index contributed by atoms with van der Waals surface area (Å²) >= 11 is 0. The van der Waals surface area contributed by atoms with Crippen LogP contribution < -0.4 is 0 Å². The minimum atomic E-state index is -2.22. The molecular formula is C24H42O6Si. The van der Waals surface area contributed by atoms with E-state index in [4.69, 9.17) is 13.9 Å². The molecule has 0 bridgehead atoms. The highest BCUT2D eigenvalue weighted by molar-refractivity contribution is 6.74. The van der Waals surface area contributed by atoms with Crippen LogP contribution in [0.1, 0.15) is 54.4 Å². The molecule has 7 heteroatoms. The first-order valence-electron chi connectivity index (χ1n) is 11.1. The van der Waals surface area contributed by atoms with E-state index >= 15 is 0 Å². The summed E-state index contributed by atoms with van der Waals surface area (Å²) in [6.45, 7) is 16.5. The molecule has 178 valence electrons. The molecule has 0 radical (unpaired) electrons. The summed E-state index contributed by atoms with van der Waals surface area (Å²) < 4.78 is 17.4. The van der Waals surface area contributed by atoms with Gasteiger partial charge in [0, 0.05) is 12.0 Å². The van der Waals surface area contributed by atoms with E-state index < -0.39 is 32.6 Å². The number of aliphatic hydroxyl groups excluding tert-OH is 1. The zero-order valence-electron chi connectivity index (χ0n) is 20.7. The van der Waals surface area contributed by atoms with Gasteiger partial charge < -0.3 is 19.0 Å². The summed E-state index contributed by atoms with van der Waals surface area (Å²) in [4.78, 5) is 25.0. The maximum absolute atomic E-state index is 13.4. The first-order chi connectivity index (χ1) is 14.2. The second-order valence-corrected chi connectivity index (χ2v) is 15.0. The summed E-state index contributed by atoms with van der Waals surface area (Å²) in [6.07, 6.45) is 4.79. The van der Waals surface area contributed by atoms with Crippen LogP contribution in [-0.2, 0) is 23.5 Å². The third kappa shape index (κ3) is 8.29. The van der Waals surface area contributed by atoms with E-state index in [0.717, 1.165) is 5.57 Å². The van der Waals surface area contributed by atoms with Gasteiger partial charge in [-0.05, 0) is 50.7 Å². The first kappa shape index (κ1) is 27.8. The highest BCUT2D eigenvalue weighted by atomic mass is 28.4. The SMILES string of the molecule is COC(=O)/C=C(\C)C[C@@H]1OC[C@H](C/C=C/[C@@H](C)[C@H](C)O)C(=O)[C@H]1O[Si](C)(C)C(C)(C)C. The molecule has 6 nitrogen and oxygen atoms in total. The van der Waals surface area contributed by atoms with Crippen LogP contribution in [0.5, 0.6) is 0 Å². The Balaban J connectivity index is 3.06. The summed E-state index contributed by atoms with van der Waals surface area (Å²) in [5.41, 5.74) is 0.789. The number of aliphatic hydroxyl groups is 1. The van der Waals surface area contributed by atoms with Gasteiger partial charge in [-0.1, -0.05) is 45.4 Å². The van der Waals surface area contributed by atoms with Gasteiger partial charge in [0.25, 0.3) is 0 Å². The Hall–Kier alpha value is -1.28. The van der Waals surface area contributed by atoms with E-state index in [9.17, 15) is 14.7 Å². The van der Waals surface area contributed by atoms with Crippen molar-refractivity contribution >= 4 is 20.1 Å². The highest BCUT2D eigenvalue weighted by Crippen LogP contribution is 2.39. The largest absolute Gasteiger partial charge is 0.466 e. The van der Waals surface area contributed by atoms with Gasteiger partial charge in [-0.25, -0.2) is 4.79 Å². The molecule has 1 saturated heterocycles. The Labute approximate surface area is 189 Å². The van der Waals surface area contributed by atoms with E-state index in [2.05, 4.69) is 33.9 Å². The number of Topliss-reactive ketones (excluding diaryl/α,β-unsaturated/α-hetero) is 1. The molecule has 1 N–H and O–H groups in total. The number of allylic oxidation sites excluding steroid dienone is 1. The fraction of sp³-hybridized carbons (Fsp3) is 0.750. The van der Waals surface area contributed by atoms with Crippen LogP contribution in [0.4, 0.5) is 0 Å². The number of hydrogen-bond acceptors (Lipinski definition) is 6. The van der Waals surface area contributed by atoms with Crippen molar-refractivity contribution in [2.24, 2.45) is 11.8 Å². The number of methoxy groups -OCH3 is 1. The predicted molar refractivity (Wildman–Crippen MR) is 125 cm³/mol. The van der Waals surface area contributed by atoms with Gasteiger partial charge in [-0.2, -0.15) is 0 Å². The number of esters is 1. The molecular weight excluding hydrogens is 412 g/mol. The van der Waals surface area contributed by atoms with Crippen LogP contribution in [0.3, 0.4) is 0 Å². The molecule has 0 amide bonds. The average molecular weight is 455 g/mol. The van der Waals surface area contributed by atoms with Crippen LogP contribution in [-0.4, -0.2) is 57.2 Å². The van der Waals surface area contributed by atoms with Crippen molar-refractivity contribution in [3.8, 4) is 0 Å². The number of hydrogen-bond donors (Lipinski definition) is 1. The average Bonchev–Trinajstić information content (AvgIpc) is 2.64. The van der Waals surface area contributed by atoms with Gasteiger partial charge in [0.1, 0.15) is 6.10 Å². The molecule has 0 saturated carbocycles. The molecule has 1 aliphatic heterocycles. The third-order valence-corrected chi connectivity index (χ3v) is 10.9. The number of carbonyl (C=O) groups excluding carboxylic acids is 2. The van der Waals surface area contributed by atoms with Crippen molar-refractivity contribution in [1.82, 2.24) is 0 Å². The fourth-order valence-electron chi connectivity index (χ4n) is 3.06. The number of rotatable bonds is 9. The van der Waals surface area contributed by atoms with Gasteiger partial charge in [0.15, 0.2) is 14.1 Å². The molecule has 0 aliphatic carbocycles. The molecule has 1 fully saturated rings. The second kappa shape index (κ2) is 11.5. The van der Waals surface area contributed by atoms with Crippen molar-refractivity contribution in [3.05, 3.63) is 23.8 Å². The quantitative estimate of drug-likeness (QED) is 0.240. The molecule has 0 spiro atoms. The van der Waals surface area contributed by atoms with Gasteiger partial charge in [0.2, 0.25) is 0 Å². The number of carbonyl (C=O) groups is 2. The topological polar surface area (TPSA) is 82.1 Å². The number of ether oxygens (including phenoxy) is 2. The second-order valence-electron chi connectivity index (χ2n) is 10.3. The Bertz CT molecular complexity index is 674. The number of ketones is 1. The van der Waals surface area contributed by atoms with Crippen LogP contribution in [0, 0.1) is 11.8 Å². The molecule has 1 aliphatic rings. The third-order valence-electron chi connectivity index (χ3n) is 6.47. The van der Waals surface area contributed by atoms with Crippen molar-refractivity contribution < 1.29 is 28.6 Å². The lowest BCUT2D eigenvalue weighted by atomic mass is 9.88. The lowest BCUT2D eigenvalue weighted by Gasteiger charge is -2.43. The molecule has 0 unspecified atom stereocenters. The lowest BCUT2D eigenvalue weighted by Crippen LogP contribution is -2.55. The minimum Gasteiger partial charge on any atom is -0.466 e. The van der Waals surface area contributed by atoms with E-state index in [1.165, 1.54) is 13.2 Å². The van der Waals surface area contributed by atoms with Crippen molar-refractivity contribution in [2.75, 3.05) is 13.7 Å². The minimum absolute atomic E-state index is 0.0257. The van der Waals surface area contributed by atoms with Crippen LogP contribution in [0.25, 0.3) is 0 Å². The summed E-state index contributed by atoms with van der Waals surface area (Å²) in [5.74, 6) is -0.621. The van der Waals surface area contributed by atoms with Gasteiger partial charge in [-0.15, -0.1) is 0 Å². The normalized spacial score (nSPS) is 25.5. The van der Waals surface area contributed by atoms with Crippen LogP contribution >= 0.6 is 0 Å². The summed E-state index contributed by atoms with van der Waals surface area (Å²) in [7, 11) is -0.883. The maximum atomic E-state index is 13.4. The standard InChI is InChI=1S/C24H42O6Si/c1-16(14-21(26)28-7)13-20-23(30-31(8,9)24(4,5)6)22(27)19(15-29-20)12-10-11-17(2)18(3)25/h10-11,14,17-20,23,25H,12-13,15H2,1-9H3/b11-10+,16-14+/t17-,18+,19+,20+,23+/m1/s1.